The molecule has 3 aromatic rings. The van der Waals surface area contributed by atoms with E-state index in [9.17, 15) is 0 Å². The number of nitrogens with one attached hydrogen (secondary N) is 1. The lowest BCUT2D eigenvalue weighted by Crippen LogP contribution is -2.12. The van der Waals surface area contributed by atoms with Gasteiger partial charge in [0.1, 0.15) is 0 Å². The van der Waals surface area contributed by atoms with Gasteiger partial charge >= 0.3 is 0 Å². The number of aryl methyl sites for hydroxylation is 1. The zero-order chi connectivity index (χ0) is 13.5. The molecule has 2 nitrogen and oxygen atoms in total. The zero-order valence-corrected chi connectivity index (χ0v) is 13.1. The summed E-state index contributed by atoms with van der Waals surface area (Å²) in [6.45, 7) is 4.39. The van der Waals surface area contributed by atoms with Crippen molar-refractivity contribution in [3.63, 3.8) is 0 Å². The number of para-hydroxylation sites is 1. The molecule has 0 saturated carbocycles. The minimum Gasteiger partial charge on any atom is -0.341 e. The fourth-order valence-corrected chi connectivity index (χ4v) is 3.60. The van der Waals surface area contributed by atoms with Crippen LogP contribution < -0.4 is 5.32 Å². The second kappa shape index (κ2) is 5.70. The lowest BCUT2D eigenvalue weighted by atomic mass is 10.0. The van der Waals surface area contributed by atoms with Crippen LogP contribution in [0.4, 0.5) is 0 Å². The highest BCUT2D eigenvalue weighted by Crippen LogP contribution is 2.32. The minimum atomic E-state index is 0. The molecule has 1 aliphatic heterocycles. The van der Waals surface area contributed by atoms with Crippen molar-refractivity contribution in [2.24, 2.45) is 0 Å². The van der Waals surface area contributed by atoms with Crippen LogP contribution in [-0.4, -0.2) is 11.1 Å². The van der Waals surface area contributed by atoms with E-state index in [0.29, 0.717) is 6.04 Å². The Morgan fingerprint density at radius 1 is 1.10 bits per heavy atom. The van der Waals surface area contributed by atoms with E-state index in [0.717, 1.165) is 13.1 Å². The fraction of sp³-hybridized carbons (Fsp3) is 0.333. The molecule has 1 atom stereocenters. The van der Waals surface area contributed by atoms with Crippen molar-refractivity contribution in [3.8, 4) is 0 Å². The van der Waals surface area contributed by atoms with Gasteiger partial charge in [-0.25, -0.2) is 0 Å². The summed E-state index contributed by atoms with van der Waals surface area (Å²) in [7, 11) is 0. The van der Waals surface area contributed by atoms with Crippen LogP contribution in [0, 0.1) is 0 Å². The maximum absolute atomic E-state index is 3.60. The molecule has 2 heterocycles. The molecule has 0 amide bonds. The molecule has 0 radical (unpaired) electrons. The highest BCUT2D eigenvalue weighted by atomic mass is 35.5. The van der Waals surface area contributed by atoms with Crippen molar-refractivity contribution in [1.82, 2.24) is 9.88 Å². The first-order valence-electron chi connectivity index (χ1n) is 7.63. The lowest BCUT2D eigenvalue weighted by molar-refractivity contribution is 0.648. The van der Waals surface area contributed by atoms with E-state index >= 15 is 0 Å². The molecule has 4 rings (SSSR count). The molecule has 0 bridgehead atoms. The van der Waals surface area contributed by atoms with Gasteiger partial charge in [0, 0.05) is 34.4 Å². The molecule has 1 aliphatic rings. The fourth-order valence-electron chi connectivity index (χ4n) is 3.60. The molecule has 3 heteroatoms. The van der Waals surface area contributed by atoms with E-state index in [1.165, 1.54) is 40.2 Å². The first-order valence-corrected chi connectivity index (χ1v) is 7.63. The Morgan fingerprint density at radius 2 is 1.90 bits per heavy atom. The van der Waals surface area contributed by atoms with E-state index in [4.69, 9.17) is 0 Å². The topological polar surface area (TPSA) is 17.0 Å². The van der Waals surface area contributed by atoms with Crippen molar-refractivity contribution in [2.45, 2.75) is 32.4 Å². The molecule has 21 heavy (non-hydrogen) atoms. The molecular weight excluding hydrogens is 280 g/mol. The minimum absolute atomic E-state index is 0. The number of hydrogen-bond donors (Lipinski definition) is 1. The molecule has 110 valence electrons. The third kappa shape index (κ3) is 2.23. The average molecular weight is 301 g/mol. The van der Waals surface area contributed by atoms with Gasteiger partial charge in [-0.15, -0.1) is 12.4 Å². The molecule has 1 aromatic heterocycles. The number of hydrogen-bond acceptors (Lipinski definition) is 1. The van der Waals surface area contributed by atoms with Gasteiger partial charge in [0.05, 0.1) is 0 Å². The van der Waals surface area contributed by atoms with Gasteiger partial charge in [0.15, 0.2) is 0 Å². The first kappa shape index (κ1) is 14.4. The Balaban J connectivity index is 0.00000132. The number of nitrogens with zero attached hydrogens (tertiary/aromatic N) is 1. The lowest BCUT2D eigenvalue weighted by Gasteiger charge is -2.11. The Kier molecular flexibility index (Phi) is 3.92. The molecule has 0 spiro atoms. The predicted octanol–water partition coefficient (Wildman–Crippen LogP) is 4.66. The molecule has 1 N–H and O–H groups in total. The van der Waals surface area contributed by atoms with Crippen LogP contribution in [-0.2, 0) is 6.54 Å². The van der Waals surface area contributed by atoms with E-state index < -0.39 is 0 Å². The largest absolute Gasteiger partial charge is 0.341 e. The Hall–Kier alpha value is -1.51. The van der Waals surface area contributed by atoms with Crippen LogP contribution in [0.3, 0.4) is 0 Å². The van der Waals surface area contributed by atoms with Gasteiger partial charge in [-0.2, -0.15) is 0 Å². The predicted molar refractivity (Wildman–Crippen MR) is 92.3 cm³/mol. The summed E-state index contributed by atoms with van der Waals surface area (Å²) in [6.07, 6.45) is 2.55. The van der Waals surface area contributed by atoms with Crippen LogP contribution in [0.1, 0.15) is 31.4 Å². The summed E-state index contributed by atoms with van der Waals surface area (Å²) < 4.78 is 2.41. The summed E-state index contributed by atoms with van der Waals surface area (Å²) in [6, 6.07) is 16.3. The van der Waals surface area contributed by atoms with Crippen molar-refractivity contribution in [3.05, 3.63) is 48.0 Å². The molecule has 1 saturated heterocycles. The van der Waals surface area contributed by atoms with Crippen molar-refractivity contribution < 1.29 is 0 Å². The third-order valence-corrected chi connectivity index (χ3v) is 4.58. The third-order valence-electron chi connectivity index (χ3n) is 4.58. The van der Waals surface area contributed by atoms with Crippen LogP contribution in [0.15, 0.2) is 42.5 Å². The molecule has 0 aliphatic carbocycles. The summed E-state index contributed by atoms with van der Waals surface area (Å²) in [4.78, 5) is 0. The quantitative estimate of drug-likeness (QED) is 0.728. The van der Waals surface area contributed by atoms with Crippen LogP contribution in [0.25, 0.3) is 21.8 Å². The van der Waals surface area contributed by atoms with Gasteiger partial charge in [0.2, 0.25) is 0 Å². The number of benzene rings is 2. The van der Waals surface area contributed by atoms with Crippen LogP contribution in [0.5, 0.6) is 0 Å². The first-order chi connectivity index (χ1) is 9.88. The normalized spacial score (nSPS) is 18.2. The molecular formula is C18H21ClN2. The Morgan fingerprint density at radius 3 is 2.67 bits per heavy atom. The highest BCUT2D eigenvalue weighted by Gasteiger charge is 2.17. The van der Waals surface area contributed by atoms with E-state index in [1.807, 2.05) is 0 Å². The maximum atomic E-state index is 3.60. The van der Waals surface area contributed by atoms with E-state index in [1.54, 1.807) is 0 Å². The second-order valence-electron chi connectivity index (χ2n) is 5.69. The van der Waals surface area contributed by atoms with Gasteiger partial charge < -0.3 is 9.88 Å². The van der Waals surface area contributed by atoms with Gasteiger partial charge in [-0.1, -0.05) is 24.3 Å². The molecule has 0 unspecified atom stereocenters. The number of fused-ring (bicyclic) bond motifs is 3. The van der Waals surface area contributed by atoms with Crippen LogP contribution in [0.2, 0.25) is 0 Å². The van der Waals surface area contributed by atoms with E-state index in [-0.39, 0.29) is 12.4 Å². The zero-order valence-electron chi connectivity index (χ0n) is 12.3. The summed E-state index contributed by atoms with van der Waals surface area (Å²) in [5, 5.41) is 6.38. The molecule has 2 aromatic carbocycles. The summed E-state index contributed by atoms with van der Waals surface area (Å²) in [5.74, 6) is 0. The standard InChI is InChI=1S/C18H20N2.ClH/c1-2-20-17-8-4-3-6-14(17)15-12-13(9-10-18(15)20)16-7-5-11-19-16;/h3-4,6,8-10,12,16,19H,2,5,7,11H2,1H3;1H/t16-;/m0./s1. The van der Waals surface area contributed by atoms with Crippen molar-refractivity contribution in [1.29, 1.82) is 0 Å². The summed E-state index contributed by atoms with van der Waals surface area (Å²) in [5.41, 5.74) is 4.14. The van der Waals surface area contributed by atoms with Gasteiger partial charge in [-0.05, 0) is 50.1 Å². The number of aromatic nitrogens is 1. The highest BCUT2D eigenvalue weighted by molar-refractivity contribution is 6.08. The van der Waals surface area contributed by atoms with Crippen LogP contribution >= 0.6 is 12.4 Å². The van der Waals surface area contributed by atoms with Gasteiger partial charge in [0.25, 0.3) is 0 Å². The molecule has 1 fully saturated rings. The SMILES string of the molecule is CCn1c2ccccc2c2cc([C@@H]3CCCN3)ccc21.Cl. The Labute approximate surface area is 131 Å². The van der Waals surface area contributed by atoms with Crippen molar-refractivity contribution in [2.75, 3.05) is 6.54 Å². The Bertz CT molecular complexity index is 769. The smallest absolute Gasteiger partial charge is 0.0491 e. The van der Waals surface area contributed by atoms with Gasteiger partial charge in [-0.3, -0.25) is 0 Å². The van der Waals surface area contributed by atoms with E-state index in [2.05, 4.69) is 59.3 Å². The average Bonchev–Trinajstić information content (AvgIpc) is 3.12. The maximum Gasteiger partial charge on any atom is 0.0491 e. The monoisotopic (exact) mass is 300 g/mol. The second-order valence-corrected chi connectivity index (χ2v) is 5.69. The van der Waals surface area contributed by atoms with Crippen molar-refractivity contribution >= 4 is 34.2 Å². The number of halogens is 1. The summed E-state index contributed by atoms with van der Waals surface area (Å²) >= 11 is 0. The number of rotatable bonds is 2.